The minimum atomic E-state index is -0.117. The molecule has 1 N–H and O–H groups in total. The number of aryl methyl sites for hydroxylation is 2. The average molecular weight is 343 g/mol. The van der Waals surface area contributed by atoms with Crippen LogP contribution in [0.1, 0.15) is 36.2 Å². The Morgan fingerprint density at radius 2 is 2.12 bits per heavy atom. The molecule has 2 aromatic rings. The number of carbonyl (C=O) groups excluding carboxylic acids is 1. The molecule has 2 heterocycles. The summed E-state index contributed by atoms with van der Waals surface area (Å²) in [6.45, 7) is 4.52. The predicted molar refractivity (Wildman–Crippen MR) is 95.3 cm³/mol. The molecule has 0 saturated heterocycles. The second-order valence-electron chi connectivity index (χ2n) is 6.02. The second kappa shape index (κ2) is 7.21. The lowest BCUT2D eigenvalue weighted by atomic mass is 10.1. The smallest absolute Gasteiger partial charge is 0.254 e. The zero-order valence-corrected chi connectivity index (χ0v) is 14.7. The van der Waals surface area contributed by atoms with Crippen molar-refractivity contribution in [1.29, 1.82) is 0 Å². The van der Waals surface area contributed by atoms with E-state index in [9.17, 15) is 9.59 Å². The topological polar surface area (TPSA) is 64.0 Å². The molecule has 126 valence electrons. The maximum Gasteiger partial charge on any atom is 0.254 e. The van der Waals surface area contributed by atoms with Crippen molar-refractivity contribution >= 4 is 17.7 Å². The van der Waals surface area contributed by atoms with Crippen LogP contribution in [0.3, 0.4) is 0 Å². The molecule has 0 fully saturated rings. The summed E-state index contributed by atoms with van der Waals surface area (Å²) in [6.07, 6.45) is 1.05. The molecule has 1 aliphatic heterocycles. The van der Waals surface area contributed by atoms with Crippen molar-refractivity contribution < 1.29 is 4.79 Å². The molecule has 0 spiro atoms. The molecule has 0 aliphatic carbocycles. The fraction of sp³-hybridized carbons (Fsp3) is 0.389. The van der Waals surface area contributed by atoms with Crippen molar-refractivity contribution in [1.82, 2.24) is 14.9 Å². The van der Waals surface area contributed by atoms with Gasteiger partial charge in [0.25, 0.3) is 5.56 Å². The Kier molecular flexibility index (Phi) is 5.04. The van der Waals surface area contributed by atoms with E-state index in [4.69, 9.17) is 0 Å². The van der Waals surface area contributed by atoms with E-state index in [2.05, 4.69) is 10.3 Å². The highest BCUT2D eigenvalue weighted by Crippen LogP contribution is 2.31. The number of aromatic nitrogens is 2. The van der Waals surface area contributed by atoms with E-state index in [0.717, 1.165) is 22.8 Å². The summed E-state index contributed by atoms with van der Waals surface area (Å²) >= 11 is 1.55. The largest absolute Gasteiger partial charge is 0.352 e. The highest BCUT2D eigenvalue weighted by atomic mass is 32.2. The maximum absolute atomic E-state index is 12.3. The Morgan fingerprint density at radius 3 is 2.83 bits per heavy atom. The number of nitrogens with one attached hydrogen (secondary N) is 1. The van der Waals surface area contributed by atoms with Crippen LogP contribution in [0.15, 0.2) is 40.3 Å². The standard InChI is InChI=1S/C18H21N3O2S/c1-3-14-8-17(23)21-15(11-24-18(21)20-14)9-16(22)19-10-13-6-4-12(2)5-7-13/h4-8,15H,3,9-11H2,1-2H3,(H,19,22). The fourth-order valence-corrected chi connectivity index (χ4v) is 3.89. The number of amides is 1. The van der Waals surface area contributed by atoms with Gasteiger partial charge in [-0.05, 0) is 18.9 Å². The van der Waals surface area contributed by atoms with Crippen LogP contribution in [-0.2, 0) is 17.8 Å². The monoisotopic (exact) mass is 343 g/mol. The minimum absolute atomic E-state index is 0.0412. The van der Waals surface area contributed by atoms with E-state index in [-0.39, 0.29) is 17.5 Å². The minimum Gasteiger partial charge on any atom is -0.352 e. The number of hydrogen-bond acceptors (Lipinski definition) is 4. The highest BCUT2D eigenvalue weighted by Gasteiger charge is 2.27. The molecule has 24 heavy (non-hydrogen) atoms. The van der Waals surface area contributed by atoms with Crippen molar-refractivity contribution in [3.05, 3.63) is 57.5 Å². The van der Waals surface area contributed by atoms with Gasteiger partial charge in [0, 0.05) is 30.5 Å². The Morgan fingerprint density at radius 1 is 1.38 bits per heavy atom. The molecule has 0 bridgehead atoms. The van der Waals surface area contributed by atoms with Crippen LogP contribution < -0.4 is 10.9 Å². The number of carbonyl (C=O) groups is 1. The number of thioether (sulfide) groups is 1. The van der Waals surface area contributed by atoms with E-state index >= 15 is 0 Å². The summed E-state index contributed by atoms with van der Waals surface area (Å²) in [4.78, 5) is 29.0. The van der Waals surface area contributed by atoms with Gasteiger partial charge in [0.15, 0.2) is 5.16 Å². The Labute approximate surface area is 145 Å². The first-order valence-corrected chi connectivity index (χ1v) is 9.13. The summed E-state index contributed by atoms with van der Waals surface area (Å²) < 4.78 is 1.66. The summed E-state index contributed by atoms with van der Waals surface area (Å²) in [5.41, 5.74) is 3.02. The molecule has 1 aliphatic rings. The molecule has 5 nitrogen and oxygen atoms in total. The van der Waals surface area contributed by atoms with Crippen LogP contribution in [0.2, 0.25) is 0 Å². The first-order chi connectivity index (χ1) is 11.6. The van der Waals surface area contributed by atoms with Gasteiger partial charge < -0.3 is 5.32 Å². The predicted octanol–water partition coefficient (Wildman–Crippen LogP) is 2.47. The molecule has 1 aromatic carbocycles. The molecule has 0 radical (unpaired) electrons. The lowest BCUT2D eigenvalue weighted by molar-refractivity contribution is -0.121. The van der Waals surface area contributed by atoms with Crippen molar-refractivity contribution in [3.63, 3.8) is 0 Å². The van der Waals surface area contributed by atoms with E-state index in [1.165, 1.54) is 5.56 Å². The molecular formula is C18H21N3O2S. The van der Waals surface area contributed by atoms with E-state index in [0.29, 0.717) is 18.7 Å². The molecular weight excluding hydrogens is 322 g/mol. The van der Waals surface area contributed by atoms with Crippen molar-refractivity contribution in [2.75, 3.05) is 5.75 Å². The zero-order chi connectivity index (χ0) is 17.1. The Balaban J connectivity index is 1.63. The second-order valence-corrected chi connectivity index (χ2v) is 7.01. The Bertz CT molecular complexity index is 799. The molecule has 1 amide bonds. The van der Waals surface area contributed by atoms with Crippen molar-refractivity contribution in [3.8, 4) is 0 Å². The Hall–Kier alpha value is -2.08. The third kappa shape index (κ3) is 3.70. The first kappa shape index (κ1) is 16.8. The molecule has 1 unspecified atom stereocenters. The maximum atomic E-state index is 12.3. The molecule has 0 saturated carbocycles. The third-order valence-electron chi connectivity index (χ3n) is 4.14. The number of benzene rings is 1. The van der Waals surface area contributed by atoms with Crippen LogP contribution in [0, 0.1) is 6.92 Å². The zero-order valence-electron chi connectivity index (χ0n) is 13.9. The third-order valence-corrected chi connectivity index (χ3v) is 5.23. The quantitative estimate of drug-likeness (QED) is 0.847. The van der Waals surface area contributed by atoms with Gasteiger partial charge in [-0.2, -0.15) is 0 Å². The average Bonchev–Trinajstić information content (AvgIpc) is 2.97. The number of hydrogen-bond donors (Lipinski definition) is 1. The van der Waals surface area contributed by atoms with Gasteiger partial charge in [-0.25, -0.2) is 4.98 Å². The van der Waals surface area contributed by atoms with E-state index in [1.807, 2.05) is 38.1 Å². The summed E-state index contributed by atoms with van der Waals surface area (Å²) in [7, 11) is 0. The SMILES string of the molecule is CCc1cc(=O)n2c(n1)SCC2CC(=O)NCc1ccc(C)cc1. The van der Waals surface area contributed by atoms with Gasteiger partial charge in [-0.3, -0.25) is 14.2 Å². The van der Waals surface area contributed by atoms with Gasteiger partial charge in [0.1, 0.15) is 0 Å². The fourth-order valence-electron chi connectivity index (χ4n) is 2.72. The van der Waals surface area contributed by atoms with Gasteiger partial charge in [-0.15, -0.1) is 0 Å². The van der Waals surface area contributed by atoms with Crippen LogP contribution in [0.5, 0.6) is 0 Å². The summed E-state index contributed by atoms with van der Waals surface area (Å²) in [5.74, 6) is 0.674. The van der Waals surface area contributed by atoms with E-state index < -0.39 is 0 Å². The van der Waals surface area contributed by atoms with Gasteiger partial charge in [0.05, 0.1) is 6.04 Å². The van der Waals surface area contributed by atoms with Crippen molar-refractivity contribution in [2.24, 2.45) is 0 Å². The van der Waals surface area contributed by atoms with Gasteiger partial charge in [0.2, 0.25) is 5.91 Å². The molecule has 1 atom stereocenters. The lowest BCUT2D eigenvalue weighted by Crippen LogP contribution is -2.30. The highest BCUT2D eigenvalue weighted by molar-refractivity contribution is 7.99. The molecule has 1 aromatic heterocycles. The number of nitrogens with zero attached hydrogens (tertiary/aromatic N) is 2. The normalized spacial score (nSPS) is 16.0. The summed E-state index contributed by atoms with van der Waals surface area (Å²) in [6, 6.07) is 9.54. The van der Waals surface area contributed by atoms with Crippen LogP contribution >= 0.6 is 11.8 Å². The molecule has 3 rings (SSSR count). The first-order valence-electron chi connectivity index (χ1n) is 8.14. The van der Waals surface area contributed by atoms with E-state index in [1.54, 1.807) is 22.4 Å². The van der Waals surface area contributed by atoms with Gasteiger partial charge >= 0.3 is 0 Å². The number of rotatable bonds is 5. The molecule has 6 heteroatoms. The van der Waals surface area contributed by atoms with Crippen LogP contribution in [0.4, 0.5) is 0 Å². The van der Waals surface area contributed by atoms with Gasteiger partial charge in [-0.1, -0.05) is 48.5 Å². The van der Waals surface area contributed by atoms with Crippen LogP contribution in [0.25, 0.3) is 0 Å². The summed E-state index contributed by atoms with van der Waals surface area (Å²) in [5, 5.41) is 3.67. The lowest BCUT2D eigenvalue weighted by Gasteiger charge is -2.13. The number of fused-ring (bicyclic) bond motifs is 1. The van der Waals surface area contributed by atoms with Crippen LogP contribution in [-0.4, -0.2) is 21.2 Å². The van der Waals surface area contributed by atoms with Crippen molar-refractivity contribution in [2.45, 2.75) is 44.4 Å².